The molecule has 1 heterocycles. The standard InChI is InChI=1S/C18H20N2O7S/c1-10(2)6-13(17(22)26-3)19-16(21)9-27-18(23)15-8-11-7-12(20(24)25)4-5-14(11)28-15/h4-5,7-8,10,13H,6,9H2,1-3H3,(H,19,21)/t13-/m0/s1. The van der Waals surface area contributed by atoms with Crippen molar-refractivity contribution in [2.75, 3.05) is 13.7 Å². The van der Waals surface area contributed by atoms with Crippen molar-refractivity contribution in [1.82, 2.24) is 5.32 Å². The number of ether oxygens (including phenoxy) is 2. The van der Waals surface area contributed by atoms with E-state index >= 15 is 0 Å². The molecule has 2 aromatic rings. The summed E-state index contributed by atoms with van der Waals surface area (Å²) in [7, 11) is 1.23. The third-order valence-corrected chi connectivity index (χ3v) is 4.87. The molecule has 0 aliphatic heterocycles. The number of methoxy groups -OCH3 is 1. The van der Waals surface area contributed by atoms with Crippen LogP contribution in [0.1, 0.15) is 29.9 Å². The molecule has 150 valence electrons. The number of amides is 1. The number of carbonyl (C=O) groups excluding carboxylic acids is 3. The summed E-state index contributed by atoms with van der Waals surface area (Å²) in [4.78, 5) is 46.4. The van der Waals surface area contributed by atoms with Crippen LogP contribution in [0.2, 0.25) is 0 Å². The lowest BCUT2D eigenvalue weighted by molar-refractivity contribution is -0.384. The largest absolute Gasteiger partial charge is 0.467 e. The van der Waals surface area contributed by atoms with Crippen LogP contribution >= 0.6 is 11.3 Å². The summed E-state index contributed by atoms with van der Waals surface area (Å²) in [5, 5.41) is 13.9. The molecule has 1 atom stereocenters. The molecular formula is C18H20N2O7S. The second kappa shape index (κ2) is 9.27. The molecule has 0 aliphatic rings. The van der Waals surface area contributed by atoms with Gasteiger partial charge in [-0.25, -0.2) is 9.59 Å². The SMILES string of the molecule is COC(=O)[C@H](CC(C)C)NC(=O)COC(=O)c1cc2cc([N+](=O)[O-])ccc2s1. The van der Waals surface area contributed by atoms with E-state index in [0.29, 0.717) is 16.5 Å². The van der Waals surface area contributed by atoms with Crippen molar-refractivity contribution in [1.29, 1.82) is 0 Å². The Labute approximate surface area is 164 Å². The molecule has 0 bridgehead atoms. The summed E-state index contributed by atoms with van der Waals surface area (Å²) in [5.41, 5.74) is -0.0800. The Hall–Kier alpha value is -3.01. The third kappa shape index (κ3) is 5.49. The van der Waals surface area contributed by atoms with Crippen molar-refractivity contribution in [3.8, 4) is 0 Å². The zero-order valence-corrected chi connectivity index (χ0v) is 16.4. The first-order valence-corrected chi connectivity index (χ1v) is 9.25. The predicted molar refractivity (Wildman–Crippen MR) is 102 cm³/mol. The molecule has 10 heteroatoms. The van der Waals surface area contributed by atoms with E-state index in [1.54, 1.807) is 6.07 Å². The van der Waals surface area contributed by atoms with Crippen LogP contribution in [0.5, 0.6) is 0 Å². The van der Waals surface area contributed by atoms with Crippen LogP contribution in [0.15, 0.2) is 24.3 Å². The normalized spacial score (nSPS) is 11.9. The number of nitro groups is 1. The molecule has 0 spiro atoms. The number of benzene rings is 1. The zero-order chi connectivity index (χ0) is 20.8. The molecule has 1 aromatic heterocycles. The Morgan fingerprint density at radius 1 is 1.25 bits per heavy atom. The number of nitrogens with zero attached hydrogens (tertiary/aromatic N) is 1. The highest BCUT2D eigenvalue weighted by Gasteiger charge is 2.23. The van der Waals surface area contributed by atoms with E-state index in [0.717, 1.165) is 11.3 Å². The molecule has 0 saturated heterocycles. The average Bonchev–Trinajstić information content (AvgIpc) is 3.07. The second-order valence-corrected chi connectivity index (χ2v) is 7.52. The smallest absolute Gasteiger partial charge is 0.348 e. The van der Waals surface area contributed by atoms with Crippen LogP contribution in [0.25, 0.3) is 10.1 Å². The van der Waals surface area contributed by atoms with Gasteiger partial charge in [-0.1, -0.05) is 13.8 Å². The molecule has 1 amide bonds. The quantitative estimate of drug-likeness (QED) is 0.404. The Bertz CT molecular complexity index is 906. The van der Waals surface area contributed by atoms with Crippen molar-refractivity contribution < 1.29 is 28.8 Å². The molecule has 0 aliphatic carbocycles. The molecule has 0 saturated carbocycles. The van der Waals surface area contributed by atoms with Crippen LogP contribution in [0, 0.1) is 16.0 Å². The van der Waals surface area contributed by atoms with E-state index in [-0.39, 0.29) is 16.5 Å². The third-order valence-electron chi connectivity index (χ3n) is 3.77. The van der Waals surface area contributed by atoms with Gasteiger partial charge in [-0.3, -0.25) is 14.9 Å². The molecular weight excluding hydrogens is 388 g/mol. The molecule has 28 heavy (non-hydrogen) atoms. The number of hydrogen-bond acceptors (Lipinski definition) is 8. The van der Waals surface area contributed by atoms with E-state index in [9.17, 15) is 24.5 Å². The lowest BCUT2D eigenvalue weighted by Crippen LogP contribution is -2.44. The van der Waals surface area contributed by atoms with Crippen molar-refractivity contribution in [2.24, 2.45) is 5.92 Å². The minimum Gasteiger partial charge on any atom is -0.467 e. The van der Waals surface area contributed by atoms with Crippen LogP contribution in [0.4, 0.5) is 5.69 Å². The number of nitrogens with one attached hydrogen (secondary N) is 1. The summed E-state index contributed by atoms with van der Waals surface area (Å²) < 4.78 is 10.3. The first-order valence-electron chi connectivity index (χ1n) is 8.43. The molecule has 1 aromatic carbocycles. The maximum absolute atomic E-state index is 12.2. The topological polar surface area (TPSA) is 125 Å². The van der Waals surface area contributed by atoms with Gasteiger partial charge in [-0.05, 0) is 24.5 Å². The number of thiophene rings is 1. The highest BCUT2D eigenvalue weighted by atomic mass is 32.1. The van der Waals surface area contributed by atoms with Crippen molar-refractivity contribution in [3.05, 3.63) is 39.3 Å². The summed E-state index contributed by atoms with van der Waals surface area (Å²) in [6.07, 6.45) is 0.390. The lowest BCUT2D eigenvalue weighted by Gasteiger charge is -2.18. The number of esters is 2. The predicted octanol–water partition coefficient (Wildman–Crippen LogP) is 2.67. The van der Waals surface area contributed by atoms with Crippen LogP contribution in [-0.2, 0) is 19.1 Å². The summed E-state index contributed by atoms with van der Waals surface area (Å²) in [5.74, 6) is -1.77. The Kier molecular flexibility index (Phi) is 7.05. The van der Waals surface area contributed by atoms with Crippen molar-refractivity contribution in [2.45, 2.75) is 26.3 Å². The van der Waals surface area contributed by atoms with E-state index in [1.807, 2.05) is 13.8 Å². The highest BCUT2D eigenvalue weighted by Crippen LogP contribution is 2.29. The molecule has 9 nitrogen and oxygen atoms in total. The molecule has 0 radical (unpaired) electrons. The van der Waals surface area contributed by atoms with Gasteiger partial charge in [0.1, 0.15) is 10.9 Å². The fourth-order valence-electron chi connectivity index (χ4n) is 2.51. The van der Waals surface area contributed by atoms with Gasteiger partial charge in [0.05, 0.1) is 12.0 Å². The zero-order valence-electron chi connectivity index (χ0n) is 15.6. The first-order chi connectivity index (χ1) is 13.2. The molecule has 2 rings (SSSR count). The monoisotopic (exact) mass is 408 g/mol. The highest BCUT2D eigenvalue weighted by molar-refractivity contribution is 7.20. The molecule has 0 unspecified atom stereocenters. The van der Waals surface area contributed by atoms with E-state index in [4.69, 9.17) is 4.74 Å². The van der Waals surface area contributed by atoms with Gasteiger partial charge in [0.15, 0.2) is 6.61 Å². The van der Waals surface area contributed by atoms with E-state index < -0.39 is 35.4 Å². The molecule has 1 N–H and O–H groups in total. The maximum atomic E-state index is 12.2. The van der Waals surface area contributed by atoms with Crippen LogP contribution in [0.3, 0.4) is 0 Å². The van der Waals surface area contributed by atoms with Crippen molar-refractivity contribution >= 4 is 45.0 Å². The van der Waals surface area contributed by atoms with Gasteiger partial charge in [0.25, 0.3) is 11.6 Å². The van der Waals surface area contributed by atoms with Gasteiger partial charge in [0, 0.05) is 22.2 Å². The lowest BCUT2D eigenvalue weighted by atomic mass is 10.0. The Morgan fingerprint density at radius 3 is 2.57 bits per heavy atom. The number of nitro benzene ring substituents is 1. The van der Waals surface area contributed by atoms with Gasteiger partial charge in [0.2, 0.25) is 0 Å². The number of rotatable bonds is 8. The minimum absolute atomic E-state index is 0.0800. The fourth-order valence-corrected chi connectivity index (χ4v) is 3.45. The first kappa shape index (κ1) is 21.3. The number of hydrogen-bond donors (Lipinski definition) is 1. The van der Waals surface area contributed by atoms with Gasteiger partial charge >= 0.3 is 11.9 Å². The van der Waals surface area contributed by atoms with Crippen LogP contribution in [-0.4, -0.2) is 42.5 Å². The number of non-ortho nitro benzene ring substituents is 1. The Balaban J connectivity index is 1.98. The number of carbonyl (C=O) groups is 3. The van der Waals surface area contributed by atoms with E-state index in [2.05, 4.69) is 10.1 Å². The average molecular weight is 408 g/mol. The second-order valence-electron chi connectivity index (χ2n) is 6.44. The fraction of sp³-hybridized carbons (Fsp3) is 0.389. The maximum Gasteiger partial charge on any atom is 0.348 e. The van der Waals surface area contributed by atoms with Crippen LogP contribution < -0.4 is 5.32 Å². The molecule has 0 fully saturated rings. The van der Waals surface area contributed by atoms with Gasteiger partial charge in [-0.15, -0.1) is 11.3 Å². The summed E-state index contributed by atoms with van der Waals surface area (Å²) in [6.45, 7) is 3.24. The summed E-state index contributed by atoms with van der Waals surface area (Å²) in [6, 6.07) is 4.92. The summed E-state index contributed by atoms with van der Waals surface area (Å²) >= 11 is 1.11. The van der Waals surface area contributed by atoms with Gasteiger partial charge < -0.3 is 14.8 Å². The van der Waals surface area contributed by atoms with Crippen molar-refractivity contribution in [3.63, 3.8) is 0 Å². The van der Waals surface area contributed by atoms with Gasteiger partial charge in [-0.2, -0.15) is 0 Å². The Morgan fingerprint density at radius 2 is 1.96 bits per heavy atom. The minimum atomic E-state index is -0.818. The van der Waals surface area contributed by atoms with E-state index in [1.165, 1.54) is 25.3 Å². The number of fused-ring (bicyclic) bond motifs is 1.